The highest BCUT2D eigenvalue weighted by molar-refractivity contribution is 9.11. The monoisotopic (exact) mass is 301 g/mol. The number of hydrogen-bond acceptors (Lipinski definition) is 2. The summed E-state index contributed by atoms with van der Waals surface area (Å²) in [5.41, 5.74) is 0. The van der Waals surface area contributed by atoms with Gasteiger partial charge in [-0.2, -0.15) is 0 Å². The first-order chi connectivity index (χ1) is 7.58. The molecule has 1 fully saturated rings. The Labute approximate surface area is 109 Å². The normalized spacial score (nSPS) is 25.8. The summed E-state index contributed by atoms with van der Waals surface area (Å²) in [6.07, 6.45) is 1.12. The minimum Gasteiger partial charge on any atom is -0.338 e. The third kappa shape index (κ3) is 2.48. The first-order valence-electron chi connectivity index (χ1n) is 5.62. The summed E-state index contributed by atoms with van der Waals surface area (Å²) in [5, 5.41) is 0. The summed E-state index contributed by atoms with van der Waals surface area (Å²) < 4.78 is 1.02. The number of carbonyl (C=O) groups is 1. The second kappa shape index (κ2) is 4.88. The Morgan fingerprint density at radius 2 is 2.19 bits per heavy atom. The lowest BCUT2D eigenvalue weighted by atomic mass is 9.88. The molecule has 2 heterocycles. The number of nitrogens with zero attached hydrogens (tertiary/aromatic N) is 1. The van der Waals surface area contributed by atoms with Gasteiger partial charge in [0, 0.05) is 13.1 Å². The van der Waals surface area contributed by atoms with Gasteiger partial charge < -0.3 is 4.90 Å². The molecule has 2 unspecified atom stereocenters. The molecule has 2 atom stereocenters. The van der Waals surface area contributed by atoms with Crippen molar-refractivity contribution in [3.8, 4) is 0 Å². The van der Waals surface area contributed by atoms with Crippen molar-refractivity contribution in [2.24, 2.45) is 11.8 Å². The molecule has 0 bridgehead atoms. The number of amides is 1. The summed E-state index contributed by atoms with van der Waals surface area (Å²) in [7, 11) is 0. The van der Waals surface area contributed by atoms with Gasteiger partial charge in [-0.1, -0.05) is 13.8 Å². The van der Waals surface area contributed by atoms with Crippen molar-refractivity contribution < 1.29 is 4.79 Å². The van der Waals surface area contributed by atoms with Crippen LogP contribution in [-0.4, -0.2) is 23.9 Å². The predicted octanol–water partition coefficient (Wildman–Crippen LogP) is 3.63. The van der Waals surface area contributed by atoms with Crippen molar-refractivity contribution in [2.45, 2.75) is 20.3 Å². The molecule has 1 aromatic heterocycles. The van der Waals surface area contributed by atoms with E-state index in [2.05, 4.69) is 29.8 Å². The zero-order chi connectivity index (χ0) is 11.7. The summed E-state index contributed by atoms with van der Waals surface area (Å²) in [6.45, 7) is 6.30. The van der Waals surface area contributed by atoms with Gasteiger partial charge in [-0.25, -0.2) is 0 Å². The SMILES string of the molecule is CC1CCN(C(=O)c2ccc(Br)s2)CC1C. The van der Waals surface area contributed by atoms with Crippen LogP contribution in [0.4, 0.5) is 0 Å². The van der Waals surface area contributed by atoms with E-state index in [-0.39, 0.29) is 5.91 Å². The molecule has 2 rings (SSSR count). The van der Waals surface area contributed by atoms with Gasteiger partial charge in [0.2, 0.25) is 0 Å². The number of thiophene rings is 1. The minimum atomic E-state index is 0.189. The zero-order valence-electron chi connectivity index (χ0n) is 9.57. The van der Waals surface area contributed by atoms with Crippen LogP contribution in [0.5, 0.6) is 0 Å². The molecule has 4 heteroatoms. The van der Waals surface area contributed by atoms with E-state index in [1.165, 1.54) is 11.3 Å². The summed E-state index contributed by atoms with van der Waals surface area (Å²) in [4.78, 5) is 15.0. The number of rotatable bonds is 1. The van der Waals surface area contributed by atoms with E-state index in [1.54, 1.807) is 0 Å². The van der Waals surface area contributed by atoms with Gasteiger partial charge >= 0.3 is 0 Å². The maximum absolute atomic E-state index is 12.2. The average molecular weight is 302 g/mol. The first kappa shape index (κ1) is 12.1. The molecule has 0 aromatic carbocycles. The molecule has 1 aromatic rings. The summed E-state index contributed by atoms with van der Waals surface area (Å²) in [6, 6.07) is 3.84. The highest BCUT2D eigenvalue weighted by atomic mass is 79.9. The van der Waals surface area contributed by atoms with Gasteiger partial charge in [0.1, 0.15) is 0 Å². The quantitative estimate of drug-likeness (QED) is 0.776. The van der Waals surface area contributed by atoms with Crippen LogP contribution < -0.4 is 0 Å². The van der Waals surface area contributed by atoms with E-state index in [4.69, 9.17) is 0 Å². The van der Waals surface area contributed by atoms with E-state index in [9.17, 15) is 4.79 Å². The molecular formula is C12H16BrNOS. The molecule has 2 nitrogen and oxygen atoms in total. The fraction of sp³-hybridized carbons (Fsp3) is 0.583. The van der Waals surface area contributed by atoms with E-state index in [0.717, 1.165) is 34.1 Å². The van der Waals surface area contributed by atoms with Crippen LogP contribution >= 0.6 is 27.3 Å². The molecule has 1 aliphatic rings. The smallest absolute Gasteiger partial charge is 0.263 e. The van der Waals surface area contributed by atoms with Crippen LogP contribution in [0.25, 0.3) is 0 Å². The van der Waals surface area contributed by atoms with Crippen molar-refractivity contribution in [1.29, 1.82) is 0 Å². The lowest BCUT2D eigenvalue weighted by Gasteiger charge is -2.35. The third-order valence-electron chi connectivity index (χ3n) is 3.41. The van der Waals surface area contributed by atoms with Crippen molar-refractivity contribution in [3.63, 3.8) is 0 Å². The summed E-state index contributed by atoms with van der Waals surface area (Å²) >= 11 is 4.91. The number of carbonyl (C=O) groups excluding carboxylic acids is 1. The Morgan fingerprint density at radius 1 is 1.44 bits per heavy atom. The molecular weight excluding hydrogens is 286 g/mol. The van der Waals surface area contributed by atoms with E-state index in [0.29, 0.717) is 5.92 Å². The molecule has 16 heavy (non-hydrogen) atoms. The molecule has 0 spiro atoms. The van der Waals surface area contributed by atoms with Gasteiger partial charge in [-0.05, 0) is 46.3 Å². The molecule has 88 valence electrons. The van der Waals surface area contributed by atoms with Crippen molar-refractivity contribution in [1.82, 2.24) is 4.90 Å². The predicted molar refractivity (Wildman–Crippen MR) is 70.9 cm³/mol. The van der Waals surface area contributed by atoms with Crippen LogP contribution in [0.15, 0.2) is 15.9 Å². The number of halogens is 1. The van der Waals surface area contributed by atoms with E-state index in [1.807, 2.05) is 17.0 Å². The van der Waals surface area contributed by atoms with Gasteiger partial charge in [0.15, 0.2) is 0 Å². The maximum atomic E-state index is 12.2. The van der Waals surface area contributed by atoms with Crippen LogP contribution in [0.2, 0.25) is 0 Å². The molecule has 0 saturated carbocycles. The molecule has 0 N–H and O–H groups in total. The lowest BCUT2D eigenvalue weighted by molar-refractivity contribution is 0.0632. The Balaban J connectivity index is 2.06. The number of hydrogen-bond donors (Lipinski definition) is 0. The number of piperidine rings is 1. The Bertz CT molecular complexity index is 390. The topological polar surface area (TPSA) is 20.3 Å². The Morgan fingerprint density at radius 3 is 2.75 bits per heavy atom. The summed E-state index contributed by atoms with van der Waals surface area (Å²) in [5.74, 6) is 1.54. The highest BCUT2D eigenvalue weighted by Crippen LogP contribution is 2.27. The highest BCUT2D eigenvalue weighted by Gasteiger charge is 2.26. The van der Waals surface area contributed by atoms with Gasteiger partial charge in [-0.3, -0.25) is 4.79 Å². The second-order valence-corrected chi connectivity index (χ2v) is 7.06. The fourth-order valence-electron chi connectivity index (χ4n) is 2.03. The van der Waals surface area contributed by atoms with Crippen molar-refractivity contribution in [3.05, 3.63) is 20.8 Å². The van der Waals surface area contributed by atoms with Crippen LogP contribution in [0.3, 0.4) is 0 Å². The van der Waals surface area contributed by atoms with Crippen LogP contribution in [-0.2, 0) is 0 Å². The van der Waals surface area contributed by atoms with Crippen LogP contribution in [0, 0.1) is 11.8 Å². The molecule has 0 aliphatic carbocycles. The lowest BCUT2D eigenvalue weighted by Crippen LogP contribution is -2.41. The molecule has 0 radical (unpaired) electrons. The second-order valence-electron chi connectivity index (χ2n) is 4.60. The number of likely N-dealkylation sites (tertiary alicyclic amines) is 1. The van der Waals surface area contributed by atoms with E-state index < -0.39 is 0 Å². The maximum Gasteiger partial charge on any atom is 0.263 e. The Kier molecular flexibility index (Phi) is 3.70. The van der Waals surface area contributed by atoms with Crippen molar-refractivity contribution >= 4 is 33.2 Å². The first-order valence-corrected chi connectivity index (χ1v) is 7.23. The molecule has 1 amide bonds. The standard InChI is InChI=1S/C12H16BrNOS/c1-8-5-6-14(7-9(8)2)12(15)10-3-4-11(13)16-10/h3-4,8-9H,5-7H2,1-2H3. The third-order valence-corrected chi connectivity index (χ3v) is 5.02. The minimum absolute atomic E-state index is 0.189. The zero-order valence-corrected chi connectivity index (χ0v) is 12.0. The van der Waals surface area contributed by atoms with E-state index >= 15 is 0 Å². The van der Waals surface area contributed by atoms with Gasteiger partial charge in [0.05, 0.1) is 8.66 Å². The fourth-order valence-corrected chi connectivity index (χ4v) is 3.39. The molecule has 1 saturated heterocycles. The largest absolute Gasteiger partial charge is 0.338 e. The van der Waals surface area contributed by atoms with Gasteiger partial charge in [0.25, 0.3) is 5.91 Å². The van der Waals surface area contributed by atoms with Gasteiger partial charge in [-0.15, -0.1) is 11.3 Å². The van der Waals surface area contributed by atoms with Crippen LogP contribution in [0.1, 0.15) is 29.9 Å². The average Bonchev–Trinajstić information content (AvgIpc) is 2.68. The van der Waals surface area contributed by atoms with Crippen molar-refractivity contribution in [2.75, 3.05) is 13.1 Å². The molecule has 1 aliphatic heterocycles. The Hall–Kier alpha value is -0.350.